The summed E-state index contributed by atoms with van der Waals surface area (Å²) in [5.74, 6) is 0.877. The summed E-state index contributed by atoms with van der Waals surface area (Å²) in [6.07, 6.45) is 1.95. The third-order valence-electron chi connectivity index (χ3n) is 2.61. The summed E-state index contributed by atoms with van der Waals surface area (Å²) in [6.45, 7) is 3.58. The van der Waals surface area contributed by atoms with E-state index in [1.807, 2.05) is 62.2 Å². The van der Waals surface area contributed by atoms with Gasteiger partial charge in [0.05, 0.1) is 11.4 Å². The van der Waals surface area contributed by atoms with Gasteiger partial charge in [-0.05, 0) is 39.2 Å². The molecule has 0 radical (unpaired) electrons. The number of aromatic nitrogens is 2. The standard InChI is InChI=1S/C14H19N3O/c1-12-7-8-17(15-12)13-5-4-6-14(11-13)18-10-9-16(2)3/h4-8,11H,9-10H2,1-3H3. The molecule has 0 N–H and O–H groups in total. The van der Waals surface area contributed by atoms with Crippen molar-refractivity contribution in [2.45, 2.75) is 6.92 Å². The molecule has 2 rings (SSSR count). The van der Waals surface area contributed by atoms with E-state index >= 15 is 0 Å². The molecule has 4 heteroatoms. The monoisotopic (exact) mass is 245 g/mol. The molecule has 0 aliphatic carbocycles. The quantitative estimate of drug-likeness (QED) is 0.808. The molecule has 0 aliphatic rings. The van der Waals surface area contributed by atoms with E-state index < -0.39 is 0 Å². The zero-order valence-corrected chi connectivity index (χ0v) is 11.1. The molecule has 1 aromatic heterocycles. The van der Waals surface area contributed by atoms with Crippen LogP contribution >= 0.6 is 0 Å². The third kappa shape index (κ3) is 3.34. The van der Waals surface area contributed by atoms with Gasteiger partial charge in [0.2, 0.25) is 0 Å². The van der Waals surface area contributed by atoms with Crippen LogP contribution in [0.4, 0.5) is 0 Å². The first kappa shape index (κ1) is 12.6. The van der Waals surface area contributed by atoms with Gasteiger partial charge in [0.15, 0.2) is 0 Å². The van der Waals surface area contributed by atoms with Crippen molar-refractivity contribution in [1.82, 2.24) is 14.7 Å². The highest BCUT2D eigenvalue weighted by atomic mass is 16.5. The fourth-order valence-corrected chi connectivity index (χ4v) is 1.62. The SMILES string of the molecule is Cc1ccn(-c2cccc(OCCN(C)C)c2)n1. The van der Waals surface area contributed by atoms with Gasteiger partial charge in [-0.25, -0.2) is 4.68 Å². The van der Waals surface area contributed by atoms with E-state index in [2.05, 4.69) is 10.00 Å². The van der Waals surface area contributed by atoms with Crippen LogP contribution in [-0.4, -0.2) is 41.9 Å². The Morgan fingerprint density at radius 3 is 2.78 bits per heavy atom. The van der Waals surface area contributed by atoms with E-state index in [1.165, 1.54) is 0 Å². The first-order chi connectivity index (χ1) is 8.65. The van der Waals surface area contributed by atoms with E-state index in [4.69, 9.17) is 4.74 Å². The molecule has 2 aromatic rings. The van der Waals surface area contributed by atoms with Gasteiger partial charge in [-0.2, -0.15) is 5.10 Å². The maximum Gasteiger partial charge on any atom is 0.121 e. The summed E-state index contributed by atoms with van der Waals surface area (Å²) < 4.78 is 7.56. The predicted molar refractivity (Wildman–Crippen MR) is 72.4 cm³/mol. The summed E-state index contributed by atoms with van der Waals surface area (Å²) in [5.41, 5.74) is 2.03. The van der Waals surface area contributed by atoms with Crippen molar-refractivity contribution in [3.63, 3.8) is 0 Å². The Morgan fingerprint density at radius 2 is 2.11 bits per heavy atom. The number of aryl methyl sites for hydroxylation is 1. The molecule has 1 aromatic carbocycles. The lowest BCUT2D eigenvalue weighted by atomic mass is 10.3. The molecule has 4 nitrogen and oxygen atoms in total. The van der Waals surface area contributed by atoms with Crippen LogP contribution in [0.2, 0.25) is 0 Å². The highest BCUT2D eigenvalue weighted by Crippen LogP contribution is 2.16. The molecule has 0 unspecified atom stereocenters. The van der Waals surface area contributed by atoms with Gasteiger partial charge in [0, 0.05) is 18.8 Å². The molecular weight excluding hydrogens is 226 g/mol. The lowest BCUT2D eigenvalue weighted by Crippen LogP contribution is -2.19. The van der Waals surface area contributed by atoms with Crippen LogP contribution in [0.25, 0.3) is 5.69 Å². The van der Waals surface area contributed by atoms with Crippen LogP contribution in [0, 0.1) is 6.92 Å². The summed E-state index contributed by atoms with van der Waals surface area (Å²) >= 11 is 0. The topological polar surface area (TPSA) is 30.3 Å². The van der Waals surface area contributed by atoms with Gasteiger partial charge < -0.3 is 9.64 Å². The summed E-state index contributed by atoms with van der Waals surface area (Å²) in [5, 5.41) is 4.38. The molecule has 0 bridgehead atoms. The van der Waals surface area contributed by atoms with Crippen molar-refractivity contribution in [3.8, 4) is 11.4 Å². The fraction of sp³-hybridized carbons (Fsp3) is 0.357. The molecule has 1 heterocycles. The number of likely N-dealkylation sites (N-methyl/N-ethyl adjacent to an activating group) is 1. The summed E-state index contributed by atoms with van der Waals surface area (Å²) in [7, 11) is 4.07. The van der Waals surface area contributed by atoms with Crippen LogP contribution in [0.1, 0.15) is 5.69 Å². The van der Waals surface area contributed by atoms with Gasteiger partial charge in [0.1, 0.15) is 12.4 Å². The molecule has 0 saturated heterocycles. The number of rotatable bonds is 5. The predicted octanol–water partition coefficient (Wildman–Crippen LogP) is 2.12. The van der Waals surface area contributed by atoms with Crippen LogP contribution in [0.3, 0.4) is 0 Å². The summed E-state index contributed by atoms with van der Waals surface area (Å²) in [4.78, 5) is 2.10. The number of hydrogen-bond donors (Lipinski definition) is 0. The molecule has 96 valence electrons. The highest BCUT2D eigenvalue weighted by Gasteiger charge is 2.01. The maximum absolute atomic E-state index is 5.70. The van der Waals surface area contributed by atoms with Crippen molar-refractivity contribution in [3.05, 3.63) is 42.2 Å². The number of ether oxygens (including phenoxy) is 1. The zero-order valence-electron chi connectivity index (χ0n) is 11.1. The fourth-order valence-electron chi connectivity index (χ4n) is 1.62. The van der Waals surface area contributed by atoms with E-state index in [9.17, 15) is 0 Å². The van der Waals surface area contributed by atoms with Gasteiger partial charge in [-0.15, -0.1) is 0 Å². The van der Waals surface area contributed by atoms with Crippen LogP contribution in [0.15, 0.2) is 36.5 Å². The van der Waals surface area contributed by atoms with Gasteiger partial charge in [-0.1, -0.05) is 6.07 Å². The largest absolute Gasteiger partial charge is 0.492 e. The smallest absolute Gasteiger partial charge is 0.121 e. The number of benzene rings is 1. The average molecular weight is 245 g/mol. The van der Waals surface area contributed by atoms with Crippen LogP contribution in [0.5, 0.6) is 5.75 Å². The Hall–Kier alpha value is -1.81. The molecule has 18 heavy (non-hydrogen) atoms. The van der Waals surface area contributed by atoms with Gasteiger partial charge in [-0.3, -0.25) is 0 Å². The van der Waals surface area contributed by atoms with Crippen molar-refractivity contribution in [2.75, 3.05) is 27.2 Å². The normalized spacial score (nSPS) is 10.9. The molecule has 0 fully saturated rings. The van der Waals surface area contributed by atoms with Crippen LogP contribution in [-0.2, 0) is 0 Å². The molecule has 0 amide bonds. The maximum atomic E-state index is 5.70. The molecule has 0 atom stereocenters. The summed E-state index contributed by atoms with van der Waals surface area (Å²) in [6, 6.07) is 9.96. The van der Waals surface area contributed by atoms with Crippen molar-refractivity contribution in [1.29, 1.82) is 0 Å². The average Bonchev–Trinajstić information content (AvgIpc) is 2.76. The molecule has 0 aliphatic heterocycles. The van der Waals surface area contributed by atoms with E-state index in [0.29, 0.717) is 6.61 Å². The minimum atomic E-state index is 0.689. The first-order valence-electron chi connectivity index (χ1n) is 6.05. The Morgan fingerprint density at radius 1 is 1.28 bits per heavy atom. The minimum absolute atomic E-state index is 0.689. The van der Waals surface area contributed by atoms with Gasteiger partial charge >= 0.3 is 0 Å². The molecule has 0 spiro atoms. The first-order valence-corrected chi connectivity index (χ1v) is 6.05. The van der Waals surface area contributed by atoms with E-state index in [0.717, 1.165) is 23.7 Å². The van der Waals surface area contributed by atoms with Crippen LogP contribution < -0.4 is 4.74 Å². The second-order valence-electron chi connectivity index (χ2n) is 4.55. The lowest BCUT2D eigenvalue weighted by molar-refractivity contribution is 0.261. The Kier molecular flexibility index (Phi) is 3.99. The highest BCUT2D eigenvalue weighted by molar-refractivity contribution is 5.38. The second kappa shape index (κ2) is 5.69. The molecular formula is C14H19N3O. The van der Waals surface area contributed by atoms with Gasteiger partial charge in [0.25, 0.3) is 0 Å². The number of hydrogen-bond acceptors (Lipinski definition) is 3. The van der Waals surface area contributed by atoms with Crippen molar-refractivity contribution >= 4 is 0 Å². The third-order valence-corrected chi connectivity index (χ3v) is 2.61. The second-order valence-corrected chi connectivity index (χ2v) is 4.55. The Labute approximate surface area is 108 Å². The van der Waals surface area contributed by atoms with E-state index in [1.54, 1.807) is 0 Å². The van der Waals surface area contributed by atoms with Crippen molar-refractivity contribution < 1.29 is 4.74 Å². The Bertz CT molecular complexity index is 505. The number of nitrogens with zero attached hydrogens (tertiary/aromatic N) is 3. The zero-order chi connectivity index (χ0) is 13.0. The Balaban J connectivity index is 2.05. The lowest BCUT2D eigenvalue weighted by Gasteiger charge is -2.11. The van der Waals surface area contributed by atoms with Crippen molar-refractivity contribution in [2.24, 2.45) is 0 Å². The van der Waals surface area contributed by atoms with E-state index in [-0.39, 0.29) is 0 Å². The molecule has 0 saturated carbocycles. The minimum Gasteiger partial charge on any atom is -0.492 e.